The molecule has 18 heavy (non-hydrogen) atoms. The van der Waals surface area contributed by atoms with E-state index in [4.69, 9.17) is 13.7 Å². The predicted molar refractivity (Wildman–Crippen MR) is 62.8 cm³/mol. The highest BCUT2D eigenvalue weighted by molar-refractivity contribution is 5.51. The molecule has 6 heteroatoms. The Kier molecular flexibility index (Phi) is 2.89. The summed E-state index contributed by atoms with van der Waals surface area (Å²) in [5.41, 5.74) is 0.352. The molecule has 1 aliphatic heterocycles. The van der Waals surface area contributed by atoms with Gasteiger partial charge in [-0.3, -0.25) is 0 Å². The normalized spacial score (nSPS) is 18.9. The quantitative estimate of drug-likeness (QED) is 0.889. The summed E-state index contributed by atoms with van der Waals surface area (Å²) in [5, 5.41) is 7.27. The van der Waals surface area contributed by atoms with Crippen LogP contribution in [0.3, 0.4) is 0 Å². The first-order valence-corrected chi connectivity index (χ1v) is 5.97. The van der Waals surface area contributed by atoms with E-state index < -0.39 is 5.60 Å². The maximum atomic E-state index is 5.64. The summed E-state index contributed by atoms with van der Waals surface area (Å²) >= 11 is 0. The molecule has 1 aliphatic rings. The number of ether oxygens (including phenoxy) is 1. The van der Waals surface area contributed by atoms with Gasteiger partial charge in [-0.2, -0.15) is 4.98 Å². The summed E-state index contributed by atoms with van der Waals surface area (Å²) in [6.45, 7) is 1.77. The van der Waals surface area contributed by atoms with E-state index in [0.29, 0.717) is 11.7 Å². The van der Waals surface area contributed by atoms with Gasteiger partial charge >= 0.3 is 0 Å². The van der Waals surface area contributed by atoms with Gasteiger partial charge in [0.2, 0.25) is 5.82 Å². The number of methoxy groups -OCH3 is 1. The van der Waals surface area contributed by atoms with Crippen LogP contribution in [0.1, 0.15) is 18.7 Å². The molecule has 1 fully saturated rings. The third kappa shape index (κ3) is 1.83. The van der Waals surface area contributed by atoms with Gasteiger partial charge in [-0.15, -0.1) is 0 Å². The Hall–Kier alpha value is -1.66. The molecule has 0 aromatic carbocycles. The number of rotatable bonds is 3. The van der Waals surface area contributed by atoms with Crippen molar-refractivity contribution in [2.24, 2.45) is 0 Å². The Labute approximate surface area is 104 Å². The Morgan fingerprint density at radius 2 is 2.22 bits per heavy atom. The van der Waals surface area contributed by atoms with E-state index in [1.54, 1.807) is 25.7 Å². The zero-order valence-corrected chi connectivity index (χ0v) is 10.2. The maximum Gasteiger partial charge on any atom is 0.259 e. The fourth-order valence-electron chi connectivity index (χ4n) is 2.25. The number of hydrogen-bond acceptors (Lipinski definition) is 6. The van der Waals surface area contributed by atoms with Gasteiger partial charge in [0.25, 0.3) is 5.89 Å². The molecule has 0 atom stereocenters. The molecule has 3 heterocycles. The Balaban J connectivity index is 1.92. The fourth-order valence-corrected chi connectivity index (χ4v) is 2.25. The number of furan rings is 1. The second kappa shape index (κ2) is 4.55. The summed E-state index contributed by atoms with van der Waals surface area (Å²) < 4.78 is 16.0. The molecule has 0 radical (unpaired) electrons. The van der Waals surface area contributed by atoms with Crippen LogP contribution in [-0.2, 0) is 10.3 Å². The van der Waals surface area contributed by atoms with Crippen LogP contribution in [-0.4, -0.2) is 30.3 Å². The molecule has 1 saturated heterocycles. The number of aromatic nitrogens is 2. The summed E-state index contributed by atoms with van der Waals surface area (Å²) in [5.74, 6) is 1.08. The van der Waals surface area contributed by atoms with Crippen LogP contribution in [0, 0.1) is 0 Å². The molecule has 6 nitrogen and oxygen atoms in total. The molecule has 2 aromatic heterocycles. The monoisotopic (exact) mass is 249 g/mol. The highest BCUT2D eigenvalue weighted by atomic mass is 16.5. The second-order valence-corrected chi connectivity index (χ2v) is 4.38. The van der Waals surface area contributed by atoms with Gasteiger partial charge in [0, 0.05) is 7.11 Å². The lowest BCUT2D eigenvalue weighted by Crippen LogP contribution is -2.41. The van der Waals surface area contributed by atoms with Crippen molar-refractivity contribution in [1.82, 2.24) is 15.5 Å². The molecular weight excluding hydrogens is 234 g/mol. The number of piperidine rings is 1. The van der Waals surface area contributed by atoms with Gasteiger partial charge in [0.1, 0.15) is 11.9 Å². The average Bonchev–Trinajstić information content (AvgIpc) is 3.10. The van der Waals surface area contributed by atoms with E-state index in [-0.39, 0.29) is 0 Å². The molecule has 0 aliphatic carbocycles. The molecule has 0 saturated carbocycles. The third-order valence-corrected chi connectivity index (χ3v) is 3.40. The fraction of sp³-hybridized carbons (Fsp3) is 0.500. The molecule has 0 amide bonds. The molecule has 2 aromatic rings. The molecule has 96 valence electrons. The largest absolute Gasteiger partial charge is 0.472 e. The van der Waals surface area contributed by atoms with Crippen molar-refractivity contribution >= 4 is 0 Å². The first-order chi connectivity index (χ1) is 8.84. The van der Waals surface area contributed by atoms with Crippen LogP contribution >= 0.6 is 0 Å². The van der Waals surface area contributed by atoms with Crippen molar-refractivity contribution in [3.63, 3.8) is 0 Å². The van der Waals surface area contributed by atoms with E-state index >= 15 is 0 Å². The molecule has 3 rings (SSSR count). The number of nitrogens with zero attached hydrogens (tertiary/aromatic N) is 2. The highest BCUT2D eigenvalue weighted by Crippen LogP contribution is 2.33. The summed E-state index contributed by atoms with van der Waals surface area (Å²) in [6.07, 6.45) is 4.84. The lowest BCUT2D eigenvalue weighted by molar-refractivity contribution is -0.0622. The molecular formula is C12H15N3O3. The van der Waals surface area contributed by atoms with Crippen LogP contribution < -0.4 is 5.32 Å². The lowest BCUT2D eigenvalue weighted by atomic mass is 9.92. The zero-order valence-electron chi connectivity index (χ0n) is 10.2. The van der Waals surface area contributed by atoms with Crippen molar-refractivity contribution in [3.05, 3.63) is 24.5 Å². The van der Waals surface area contributed by atoms with Gasteiger partial charge in [0.05, 0.1) is 11.8 Å². The van der Waals surface area contributed by atoms with E-state index in [1.807, 2.05) is 0 Å². The molecule has 0 bridgehead atoms. The van der Waals surface area contributed by atoms with Crippen molar-refractivity contribution < 1.29 is 13.7 Å². The zero-order chi connectivity index (χ0) is 12.4. The van der Waals surface area contributed by atoms with Crippen LogP contribution in [0.25, 0.3) is 11.4 Å². The Morgan fingerprint density at radius 1 is 1.39 bits per heavy atom. The number of hydrogen-bond donors (Lipinski definition) is 1. The van der Waals surface area contributed by atoms with Crippen molar-refractivity contribution in [2.45, 2.75) is 18.4 Å². The minimum absolute atomic E-state index is 0.458. The number of nitrogens with one attached hydrogen (secondary N) is 1. The van der Waals surface area contributed by atoms with Gasteiger partial charge in [-0.05, 0) is 32.0 Å². The minimum Gasteiger partial charge on any atom is -0.472 e. The third-order valence-electron chi connectivity index (χ3n) is 3.40. The molecule has 0 unspecified atom stereocenters. The Bertz CT molecular complexity index is 500. The summed E-state index contributed by atoms with van der Waals surface area (Å²) in [6, 6.07) is 1.80. The standard InChI is InChI=1S/C12H15N3O3/c1-16-12(3-5-13-6-4-12)11-14-10(15-18-11)9-2-7-17-8-9/h2,7-8,13H,3-6H2,1H3. The first kappa shape index (κ1) is 11.4. The van der Waals surface area contributed by atoms with E-state index in [0.717, 1.165) is 31.5 Å². The molecule has 1 N–H and O–H groups in total. The predicted octanol–water partition coefficient (Wildman–Crippen LogP) is 1.55. The topological polar surface area (TPSA) is 73.3 Å². The maximum absolute atomic E-state index is 5.64. The van der Waals surface area contributed by atoms with E-state index in [9.17, 15) is 0 Å². The first-order valence-electron chi connectivity index (χ1n) is 5.97. The summed E-state index contributed by atoms with van der Waals surface area (Å²) in [4.78, 5) is 4.43. The SMILES string of the molecule is COC1(c2nc(-c3ccoc3)no2)CCNCC1. The van der Waals surface area contributed by atoms with Crippen LogP contribution in [0.15, 0.2) is 27.5 Å². The van der Waals surface area contributed by atoms with Crippen LogP contribution in [0.5, 0.6) is 0 Å². The van der Waals surface area contributed by atoms with Gasteiger partial charge in [-0.25, -0.2) is 0 Å². The minimum atomic E-state index is -0.458. The highest BCUT2D eigenvalue weighted by Gasteiger charge is 2.39. The molecule has 0 spiro atoms. The summed E-state index contributed by atoms with van der Waals surface area (Å²) in [7, 11) is 1.69. The Morgan fingerprint density at radius 3 is 2.89 bits per heavy atom. The van der Waals surface area contributed by atoms with E-state index in [1.165, 1.54) is 0 Å². The van der Waals surface area contributed by atoms with Crippen LogP contribution in [0.4, 0.5) is 0 Å². The van der Waals surface area contributed by atoms with Crippen LogP contribution in [0.2, 0.25) is 0 Å². The average molecular weight is 249 g/mol. The lowest BCUT2D eigenvalue weighted by Gasteiger charge is -2.32. The van der Waals surface area contributed by atoms with Crippen molar-refractivity contribution in [1.29, 1.82) is 0 Å². The van der Waals surface area contributed by atoms with Gasteiger partial charge in [0.15, 0.2) is 0 Å². The van der Waals surface area contributed by atoms with Crippen molar-refractivity contribution in [3.8, 4) is 11.4 Å². The second-order valence-electron chi connectivity index (χ2n) is 4.38. The van der Waals surface area contributed by atoms with E-state index in [2.05, 4.69) is 15.5 Å². The van der Waals surface area contributed by atoms with Crippen molar-refractivity contribution in [2.75, 3.05) is 20.2 Å². The van der Waals surface area contributed by atoms with Gasteiger partial charge < -0.3 is 19.0 Å². The smallest absolute Gasteiger partial charge is 0.259 e. The van der Waals surface area contributed by atoms with Gasteiger partial charge in [-0.1, -0.05) is 5.16 Å².